The van der Waals surface area contributed by atoms with Crippen LogP contribution >= 0.6 is 0 Å². The minimum Gasteiger partial charge on any atom is -0.497 e. The molecular formula is C24H30FN3O4S. The maximum absolute atomic E-state index is 13.3. The summed E-state index contributed by atoms with van der Waals surface area (Å²) >= 11 is 0. The highest BCUT2D eigenvalue weighted by molar-refractivity contribution is 7.89. The molecule has 2 aromatic carbocycles. The first kappa shape index (κ1) is 23.7. The van der Waals surface area contributed by atoms with E-state index in [1.165, 1.54) is 16.4 Å². The fourth-order valence-corrected chi connectivity index (χ4v) is 6.34. The van der Waals surface area contributed by atoms with Gasteiger partial charge in [-0.15, -0.1) is 0 Å². The molecule has 0 aliphatic carbocycles. The van der Waals surface area contributed by atoms with Gasteiger partial charge < -0.3 is 10.1 Å². The predicted molar refractivity (Wildman–Crippen MR) is 123 cm³/mol. The molecule has 0 bridgehead atoms. The summed E-state index contributed by atoms with van der Waals surface area (Å²) in [7, 11) is -2.26. The minimum atomic E-state index is -3.88. The highest BCUT2D eigenvalue weighted by atomic mass is 32.2. The Hall–Kier alpha value is -2.49. The Labute approximate surface area is 194 Å². The van der Waals surface area contributed by atoms with Crippen LogP contribution < -0.4 is 10.1 Å². The lowest BCUT2D eigenvalue weighted by molar-refractivity contribution is -0.124. The molecule has 0 radical (unpaired) electrons. The summed E-state index contributed by atoms with van der Waals surface area (Å²) in [4.78, 5) is 15.5. The highest BCUT2D eigenvalue weighted by Crippen LogP contribution is 2.28. The van der Waals surface area contributed by atoms with E-state index in [1.807, 2.05) is 24.3 Å². The van der Waals surface area contributed by atoms with E-state index in [4.69, 9.17) is 4.74 Å². The van der Waals surface area contributed by atoms with E-state index in [0.29, 0.717) is 19.4 Å². The first-order valence-corrected chi connectivity index (χ1v) is 12.8. The molecule has 0 saturated carbocycles. The summed E-state index contributed by atoms with van der Waals surface area (Å²) in [5, 5.41) is 3.01. The molecule has 2 aromatic rings. The number of likely N-dealkylation sites (tertiary alicyclic amines) is 1. The molecule has 2 aliphatic heterocycles. The van der Waals surface area contributed by atoms with Gasteiger partial charge in [-0.25, -0.2) is 12.8 Å². The van der Waals surface area contributed by atoms with Crippen molar-refractivity contribution < 1.29 is 22.3 Å². The summed E-state index contributed by atoms with van der Waals surface area (Å²) in [5.74, 6) is -0.0254. The number of nitrogens with zero attached hydrogens (tertiary/aromatic N) is 2. The maximum Gasteiger partial charge on any atom is 0.243 e. The van der Waals surface area contributed by atoms with Crippen LogP contribution in [0.3, 0.4) is 0 Å². The van der Waals surface area contributed by atoms with Gasteiger partial charge in [-0.2, -0.15) is 4.31 Å². The number of carbonyl (C=O) groups is 1. The zero-order valence-electron chi connectivity index (χ0n) is 18.7. The number of benzene rings is 2. The number of carbonyl (C=O) groups excluding carboxylic acids is 1. The molecule has 33 heavy (non-hydrogen) atoms. The van der Waals surface area contributed by atoms with E-state index >= 15 is 0 Å². The maximum atomic E-state index is 13.3. The van der Waals surface area contributed by atoms with E-state index in [9.17, 15) is 17.6 Å². The molecule has 4 rings (SSSR count). The second kappa shape index (κ2) is 10.2. The third-order valence-corrected chi connectivity index (χ3v) is 8.40. The molecule has 2 heterocycles. The van der Waals surface area contributed by atoms with E-state index in [2.05, 4.69) is 10.2 Å². The Morgan fingerprint density at radius 2 is 1.73 bits per heavy atom. The zero-order chi connectivity index (χ0) is 23.4. The summed E-state index contributed by atoms with van der Waals surface area (Å²) in [6, 6.07) is 11.8. The molecule has 0 unspecified atom stereocenters. The first-order valence-electron chi connectivity index (χ1n) is 11.3. The second-order valence-corrected chi connectivity index (χ2v) is 10.4. The monoisotopic (exact) mass is 475 g/mol. The first-order chi connectivity index (χ1) is 15.9. The molecule has 178 valence electrons. The van der Waals surface area contributed by atoms with Crippen molar-refractivity contribution in [2.45, 2.75) is 42.7 Å². The molecular weight excluding hydrogens is 445 g/mol. The average molecular weight is 476 g/mol. The Bertz CT molecular complexity index is 1050. The van der Waals surface area contributed by atoms with Crippen LogP contribution in [0, 0.1) is 5.82 Å². The number of rotatable bonds is 8. The fourth-order valence-electron chi connectivity index (χ4n) is 4.68. The van der Waals surface area contributed by atoms with Crippen LogP contribution in [0.25, 0.3) is 0 Å². The lowest BCUT2D eigenvalue weighted by Crippen LogP contribution is -2.47. The number of amides is 1. The zero-order valence-corrected chi connectivity index (χ0v) is 19.6. The molecule has 2 saturated heterocycles. The summed E-state index contributed by atoms with van der Waals surface area (Å²) < 4.78 is 46.0. The van der Waals surface area contributed by atoms with Crippen molar-refractivity contribution in [1.82, 2.24) is 14.5 Å². The van der Waals surface area contributed by atoms with Crippen LogP contribution in [0.2, 0.25) is 0 Å². The van der Waals surface area contributed by atoms with Gasteiger partial charge in [-0.3, -0.25) is 9.69 Å². The number of hydrogen-bond acceptors (Lipinski definition) is 5. The topological polar surface area (TPSA) is 79.0 Å². The molecule has 2 aliphatic rings. The van der Waals surface area contributed by atoms with E-state index in [0.717, 1.165) is 49.4 Å². The normalized spacial score (nSPS) is 20.6. The van der Waals surface area contributed by atoms with Crippen molar-refractivity contribution >= 4 is 15.9 Å². The summed E-state index contributed by atoms with van der Waals surface area (Å²) in [5.41, 5.74) is 1.08. The van der Waals surface area contributed by atoms with Crippen molar-refractivity contribution in [3.8, 4) is 5.75 Å². The van der Waals surface area contributed by atoms with Crippen molar-refractivity contribution in [1.29, 1.82) is 0 Å². The Balaban J connectivity index is 1.47. The molecule has 2 fully saturated rings. The SMILES string of the molecule is COc1ccc([C@H](CNC(=O)[C@H]2CCCN2S(=O)(=O)c2ccc(F)cc2)N2CCCC2)cc1. The van der Waals surface area contributed by atoms with Gasteiger partial charge >= 0.3 is 0 Å². The van der Waals surface area contributed by atoms with Crippen LogP contribution in [0.4, 0.5) is 4.39 Å². The van der Waals surface area contributed by atoms with Crippen LogP contribution in [0.15, 0.2) is 53.4 Å². The number of sulfonamides is 1. The smallest absolute Gasteiger partial charge is 0.243 e. The van der Waals surface area contributed by atoms with Crippen molar-refractivity contribution in [2.24, 2.45) is 0 Å². The summed E-state index contributed by atoms with van der Waals surface area (Å²) in [6.45, 7) is 2.58. The van der Waals surface area contributed by atoms with Gasteiger partial charge in [0, 0.05) is 13.1 Å². The van der Waals surface area contributed by atoms with Crippen molar-refractivity contribution in [3.63, 3.8) is 0 Å². The number of nitrogens with one attached hydrogen (secondary N) is 1. The van der Waals surface area contributed by atoms with Gasteiger partial charge in [0.15, 0.2) is 0 Å². The Kier molecular flexibility index (Phi) is 7.31. The molecule has 2 atom stereocenters. The van der Waals surface area contributed by atoms with E-state index in [1.54, 1.807) is 7.11 Å². The number of halogens is 1. The number of ether oxygens (including phenoxy) is 1. The molecule has 1 amide bonds. The van der Waals surface area contributed by atoms with Crippen LogP contribution in [0.1, 0.15) is 37.3 Å². The van der Waals surface area contributed by atoms with Gasteiger partial charge in [0.2, 0.25) is 15.9 Å². The van der Waals surface area contributed by atoms with Crippen molar-refractivity contribution in [3.05, 3.63) is 59.9 Å². The second-order valence-electron chi connectivity index (χ2n) is 8.50. The van der Waals surface area contributed by atoms with Gasteiger partial charge in [-0.05, 0) is 80.7 Å². The molecule has 0 aromatic heterocycles. The van der Waals surface area contributed by atoms with Gasteiger partial charge in [0.1, 0.15) is 17.6 Å². The van der Waals surface area contributed by atoms with Gasteiger partial charge in [0.25, 0.3) is 0 Å². The van der Waals surface area contributed by atoms with Crippen LogP contribution in [-0.2, 0) is 14.8 Å². The Morgan fingerprint density at radius 1 is 1.06 bits per heavy atom. The summed E-state index contributed by atoms with van der Waals surface area (Å²) in [6.07, 6.45) is 3.30. The Morgan fingerprint density at radius 3 is 2.36 bits per heavy atom. The lowest BCUT2D eigenvalue weighted by Gasteiger charge is -2.30. The quantitative estimate of drug-likeness (QED) is 0.635. The third kappa shape index (κ3) is 5.20. The van der Waals surface area contributed by atoms with Crippen LogP contribution in [-0.4, -0.2) is 62.9 Å². The predicted octanol–water partition coefficient (Wildman–Crippen LogP) is 2.94. The van der Waals surface area contributed by atoms with Gasteiger partial charge in [0.05, 0.1) is 18.0 Å². The van der Waals surface area contributed by atoms with E-state index < -0.39 is 21.9 Å². The standard InChI is InChI=1S/C24H30FN3O4S/c1-32-20-10-6-18(7-11-20)23(27-14-2-3-15-27)17-26-24(29)22-5-4-16-28(22)33(30,31)21-12-8-19(25)9-13-21/h6-13,22-23H,2-5,14-17H2,1H3,(H,26,29)/t22-,23+/m1/s1. The van der Waals surface area contributed by atoms with Crippen LogP contribution in [0.5, 0.6) is 5.75 Å². The van der Waals surface area contributed by atoms with Gasteiger partial charge in [-0.1, -0.05) is 12.1 Å². The molecule has 0 spiro atoms. The fraction of sp³-hybridized carbons (Fsp3) is 0.458. The number of hydrogen-bond donors (Lipinski definition) is 1. The third-order valence-electron chi connectivity index (χ3n) is 6.48. The largest absolute Gasteiger partial charge is 0.497 e. The molecule has 1 N–H and O–H groups in total. The van der Waals surface area contributed by atoms with E-state index in [-0.39, 0.29) is 23.4 Å². The number of methoxy groups -OCH3 is 1. The van der Waals surface area contributed by atoms with Crippen molar-refractivity contribution in [2.75, 3.05) is 33.3 Å². The average Bonchev–Trinajstić information content (AvgIpc) is 3.53. The molecule has 9 heteroatoms. The molecule has 7 nitrogen and oxygen atoms in total. The lowest BCUT2D eigenvalue weighted by atomic mass is 10.0. The highest BCUT2D eigenvalue weighted by Gasteiger charge is 2.39. The minimum absolute atomic E-state index is 0.00299.